The fourth-order valence-corrected chi connectivity index (χ4v) is 7.01. The topological polar surface area (TPSA) is 335 Å². The molecule has 376 valence electrons. The Labute approximate surface area is 382 Å². The van der Waals surface area contributed by atoms with E-state index in [0.717, 1.165) is 76.2 Å². The number of rotatable bonds is 18. The third kappa shape index (κ3) is 17.0. The van der Waals surface area contributed by atoms with Crippen molar-refractivity contribution in [2.75, 3.05) is 19.8 Å². The van der Waals surface area contributed by atoms with E-state index in [2.05, 4.69) is 0 Å². The second kappa shape index (κ2) is 25.2. The van der Waals surface area contributed by atoms with Gasteiger partial charge >= 0.3 is 65.7 Å². The lowest BCUT2D eigenvalue weighted by Gasteiger charge is -2.50. The van der Waals surface area contributed by atoms with E-state index in [1.165, 1.54) is 0 Å². The van der Waals surface area contributed by atoms with E-state index < -0.39 is 178 Å². The molecule has 3 fully saturated rings. The van der Waals surface area contributed by atoms with E-state index in [4.69, 9.17) is 75.8 Å². The van der Waals surface area contributed by atoms with Crippen LogP contribution in [0.5, 0.6) is 0 Å². The molecule has 27 heteroatoms. The first-order chi connectivity index (χ1) is 31.3. The smallest absolute Gasteiger partial charge is 0.305 e. The van der Waals surface area contributed by atoms with E-state index >= 15 is 0 Å². The fourth-order valence-electron chi connectivity index (χ4n) is 7.01. The summed E-state index contributed by atoms with van der Waals surface area (Å²) in [4.78, 5) is 137. The van der Waals surface area contributed by atoms with Crippen molar-refractivity contribution < 1.29 is 129 Å². The minimum Gasteiger partial charge on any atom is -0.463 e. The Hall–Kier alpha value is -6.03. The number of esters is 11. The summed E-state index contributed by atoms with van der Waals surface area (Å²) >= 11 is 0. The molecule has 3 aliphatic heterocycles. The lowest BCUT2D eigenvalue weighted by atomic mass is 9.95. The van der Waals surface area contributed by atoms with E-state index in [-0.39, 0.29) is 0 Å². The first-order valence-corrected chi connectivity index (χ1v) is 20.3. The van der Waals surface area contributed by atoms with Crippen LogP contribution in [0.25, 0.3) is 0 Å². The monoisotopic (exact) mass is 966 g/mol. The zero-order valence-corrected chi connectivity index (χ0v) is 38.3. The fraction of sp³-hybridized carbons (Fsp3) is 0.725. The van der Waals surface area contributed by atoms with Gasteiger partial charge in [-0.05, 0) is 0 Å². The van der Waals surface area contributed by atoms with Gasteiger partial charge in [0.25, 0.3) is 0 Å². The van der Waals surface area contributed by atoms with Gasteiger partial charge in [-0.3, -0.25) is 52.7 Å². The minimum atomic E-state index is -2.06. The van der Waals surface area contributed by atoms with Crippen LogP contribution in [0.2, 0.25) is 0 Å². The highest BCUT2D eigenvalue weighted by atomic mass is 16.8. The summed E-state index contributed by atoms with van der Waals surface area (Å²) < 4.78 is 90.4. The van der Waals surface area contributed by atoms with Gasteiger partial charge in [-0.25, -0.2) is 0 Å². The van der Waals surface area contributed by atoms with Crippen molar-refractivity contribution in [1.29, 1.82) is 0 Å². The van der Waals surface area contributed by atoms with Crippen LogP contribution in [0.4, 0.5) is 0 Å². The van der Waals surface area contributed by atoms with Gasteiger partial charge in [-0.2, -0.15) is 0 Å². The molecule has 27 nitrogen and oxygen atoms in total. The first-order valence-electron chi connectivity index (χ1n) is 20.3. The van der Waals surface area contributed by atoms with Gasteiger partial charge in [0, 0.05) is 76.2 Å². The van der Waals surface area contributed by atoms with Crippen molar-refractivity contribution in [1.82, 2.24) is 0 Å². The van der Waals surface area contributed by atoms with Gasteiger partial charge in [0.15, 0.2) is 49.2 Å². The predicted octanol–water partition coefficient (Wildman–Crippen LogP) is -1.29. The number of hydrogen-bond donors (Lipinski definition) is 0. The highest BCUT2D eigenvalue weighted by Crippen LogP contribution is 2.38. The number of carbonyl (C=O) groups excluding carboxylic acids is 11. The molecule has 0 bridgehead atoms. The van der Waals surface area contributed by atoms with Crippen LogP contribution in [-0.4, -0.2) is 178 Å². The summed E-state index contributed by atoms with van der Waals surface area (Å²) in [6, 6.07) is 0. The molecular formula is C40H54O27. The molecule has 0 spiro atoms. The van der Waals surface area contributed by atoms with Crippen LogP contribution in [0, 0.1) is 0 Å². The Morgan fingerprint density at radius 2 is 0.493 bits per heavy atom. The summed E-state index contributed by atoms with van der Waals surface area (Å²) in [5, 5.41) is 0. The molecule has 3 rings (SSSR count). The third-order valence-electron chi connectivity index (χ3n) is 9.11. The van der Waals surface area contributed by atoms with Crippen molar-refractivity contribution in [2.45, 2.75) is 168 Å². The minimum absolute atomic E-state index is 0.691. The molecule has 3 aliphatic rings. The van der Waals surface area contributed by atoms with Gasteiger partial charge in [-0.15, -0.1) is 0 Å². The number of hydrogen-bond acceptors (Lipinski definition) is 27. The van der Waals surface area contributed by atoms with Crippen LogP contribution in [-0.2, 0) is 129 Å². The van der Waals surface area contributed by atoms with Gasteiger partial charge in [0.2, 0.25) is 12.4 Å². The molecule has 0 aromatic heterocycles. The molecular weight excluding hydrogens is 912 g/mol. The quantitative estimate of drug-likeness (QED) is 0.114. The second-order valence-electron chi connectivity index (χ2n) is 14.9. The Morgan fingerprint density at radius 1 is 0.269 bits per heavy atom. The maximum atomic E-state index is 13.0. The predicted molar refractivity (Wildman–Crippen MR) is 206 cm³/mol. The van der Waals surface area contributed by atoms with Crippen LogP contribution >= 0.6 is 0 Å². The van der Waals surface area contributed by atoms with E-state index in [1.54, 1.807) is 0 Å². The molecule has 3 saturated heterocycles. The van der Waals surface area contributed by atoms with Gasteiger partial charge in [0.05, 0.1) is 0 Å². The van der Waals surface area contributed by atoms with Crippen molar-refractivity contribution in [3.63, 3.8) is 0 Å². The Morgan fingerprint density at radius 3 is 0.776 bits per heavy atom. The highest BCUT2D eigenvalue weighted by Gasteiger charge is 2.60. The Balaban J connectivity index is 2.31. The maximum Gasteiger partial charge on any atom is 0.305 e. The van der Waals surface area contributed by atoms with Crippen LogP contribution in [0.3, 0.4) is 0 Å². The molecule has 0 aliphatic carbocycles. The van der Waals surface area contributed by atoms with Crippen molar-refractivity contribution >= 4 is 65.7 Å². The first kappa shape index (κ1) is 55.3. The SMILES string of the molecule is CC(=O)OCC1O[C@@H](O[C@@H]2C(COC(C)=O)O[C@@H](O[C@@H]3C(COC(C)=O)O[C@@H](OC(C)=O)[C@@H](OC(C)=O)[C@H]3OC(C)=O)[C@@H](OC(C)=O)[C@H]2OC(C)=O)[C@@H](OC(C)=O)[C@@H](OC(C)=O)[C@@H]1OC(C)=O. The molecule has 0 saturated carbocycles. The summed E-state index contributed by atoms with van der Waals surface area (Å²) in [6.07, 6.45) is -27.3. The molecule has 15 atom stereocenters. The summed E-state index contributed by atoms with van der Waals surface area (Å²) in [5.41, 5.74) is 0. The zero-order valence-electron chi connectivity index (χ0n) is 38.3. The Kier molecular flexibility index (Phi) is 20.8. The molecule has 0 amide bonds. The van der Waals surface area contributed by atoms with Gasteiger partial charge in [-0.1, -0.05) is 0 Å². The van der Waals surface area contributed by atoms with Crippen LogP contribution in [0.1, 0.15) is 76.2 Å². The molecule has 3 heterocycles. The van der Waals surface area contributed by atoms with E-state index in [1.807, 2.05) is 0 Å². The lowest BCUT2D eigenvalue weighted by Crippen LogP contribution is -2.69. The van der Waals surface area contributed by atoms with Crippen LogP contribution in [0.15, 0.2) is 0 Å². The molecule has 0 aromatic carbocycles. The largest absolute Gasteiger partial charge is 0.463 e. The molecule has 0 aromatic rings. The molecule has 0 radical (unpaired) electrons. The second-order valence-corrected chi connectivity index (χ2v) is 14.9. The van der Waals surface area contributed by atoms with Crippen molar-refractivity contribution in [2.24, 2.45) is 0 Å². The highest BCUT2D eigenvalue weighted by molar-refractivity contribution is 5.70. The zero-order chi connectivity index (χ0) is 50.4. The molecule has 3 unspecified atom stereocenters. The average Bonchev–Trinajstić information content (AvgIpc) is 3.17. The lowest BCUT2D eigenvalue weighted by molar-refractivity contribution is -0.378. The summed E-state index contributed by atoms with van der Waals surface area (Å²) in [7, 11) is 0. The molecule has 0 N–H and O–H groups in total. The normalized spacial score (nSPS) is 31.2. The standard InChI is InChI=1S/C40H54O27/c1-15(41)52-12-26-29(55-18(4)44)32(56-19(5)45)36(60-23(9)49)39(64-26)67-31-28(14-54-17(3)43)65-40(37(61-24(10)50)34(31)58-21(7)47)66-30-27(13-53-16(2)42)63-38(62-25(11)51)35(59-22(8)48)33(30)57-20(6)46/h26-40H,12-14H2,1-11H3/t26?,27?,28?,29-,30-,31-,32+,33+,34+,35+,36+,37+,38-,39+,40+/m1/s1. The van der Waals surface area contributed by atoms with Gasteiger partial charge in [0.1, 0.15) is 50.3 Å². The number of carbonyl (C=O) groups is 11. The summed E-state index contributed by atoms with van der Waals surface area (Å²) in [5.74, 6) is -10.7. The van der Waals surface area contributed by atoms with Crippen molar-refractivity contribution in [3.8, 4) is 0 Å². The number of ether oxygens (including phenoxy) is 16. The van der Waals surface area contributed by atoms with Crippen LogP contribution < -0.4 is 0 Å². The van der Waals surface area contributed by atoms with E-state index in [9.17, 15) is 52.7 Å². The summed E-state index contributed by atoms with van der Waals surface area (Å²) in [6.45, 7) is 8.53. The third-order valence-corrected chi connectivity index (χ3v) is 9.11. The molecule has 67 heavy (non-hydrogen) atoms. The van der Waals surface area contributed by atoms with Gasteiger partial charge < -0.3 is 75.8 Å². The maximum absolute atomic E-state index is 13.0. The Bertz CT molecular complexity index is 1850. The van der Waals surface area contributed by atoms with E-state index in [0.29, 0.717) is 0 Å². The van der Waals surface area contributed by atoms with Crippen molar-refractivity contribution in [3.05, 3.63) is 0 Å². The average molecular weight is 967 g/mol.